The number of nitrogens with two attached hydrogens (primary N) is 1. The van der Waals surface area contributed by atoms with Crippen molar-refractivity contribution in [3.05, 3.63) is 29.7 Å². The van der Waals surface area contributed by atoms with Gasteiger partial charge < -0.3 is 5.73 Å². The molecule has 4 heteroatoms. The molecule has 0 saturated carbocycles. The third kappa shape index (κ3) is 30.9. The predicted octanol–water partition coefficient (Wildman–Crippen LogP) is 6.45. The Bertz CT molecular complexity index is 322. The largest absolute Gasteiger partial charge is 0.370 e. The first-order chi connectivity index (χ1) is 12.2. The summed E-state index contributed by atoms with van der Waals surface area (Å²) in [4.78, 5) is 19.6. The molecule has 0 fully saturated rings. The first kappa shape index (κ1) is 25.8. The highest BCUT2D eigenvalue weighted by atomic mass is 16.3. The molecule has 0 saturated heterocycles. The van der Waals surface area contributed by atoms with Gasteiger partial charge in [-0.15, -0.1) is 6.58 Å². The van der Waals surface area contributed by atoms with Crippen molar-refractivity contribution in [1.82, 2.24) is 0 Å². The zero-order chi connectivity index (χ0) is 19.0. The summed E-state index contributed by atoms with van der Waals surface area (Å²) >= 11 is 0. The number of unbranched alkanes of at least 4 members (excludes halogenated alkanes) is 11. The van der Waals surface area contributed by atoms with Crippen molar-refractivity contribution in [3.8, 4) is 0 Å². The van der Waals surface area contributed by atoms with E-state index in [2.05, 4.69) is 30.8 Å². The number of hydrogen-bond donors (Lipinski definition) is 1. The molecule has 2 N–H and O–H groups in total. The Labute approximate surface area is 155 Å². The minimum Gasteiger partial charge on any atom is -0.370 e. The number of amides is 1. The van der Waals surface area contributed by atoms with Gasteiger partial charge in [-0.2, -0.15) is 4.91 Å². The minimum atomic E-state index is -0.164. The molecule has 0 atom stereocenters. The summed E-state index contributed by atoms with van der Waals surface area (Å²) in [7, 11) is 0. The van der Waals surface area contributed by atoms with E-state index >= 15 is 0 Å². The van der Waals surface area contributed by atoms with E-state index in [0.717, 1.165) is 12.8 Å². The van der Waals surface area contributed by atoms with Gasteiger partial charge in [0.05, 0.1) is 6.54 Å². The molecule has 0 radical (unpaired) electrons. The van der Waals surface area contributed by atoms with E-state index in [4.69, 9.17) is 10.6 Å². The van der Waals surface area contributed by atoms with Crippen molar-refractivity contribution < 1.29 is 4.79 Å². The van der Waals surface area contributed by atoms with Crippen LogP contribution in [0.4, 0.5) is 0 Å². The van der Waals surface area contributed by atoms with E-state index in [-0.39, 0.29) is 12.5 Å². The minimum absolute atomic E-state index is 0.164. The molecule has 0 aromatic rings. The Hall–Kier alpha value is -1.45. The lowest BCUT2D eigenvalue weighted by Gasteiger charge is -1.99. The molecule has 0 aliphatic heterocycles. The van der Waals surface area contributed by atoms with E-state index in [9.17, 15) is 4.79 Å². The number of carbonyl (C=O) groups is 1. The molecule has 0 aliphatic rings. The van der Waals surface area contributed by atoms with Crippen molar-refractivity contribution in [2.24, 2.45) is 10.9 Å². The van der Waals surface area contributed by atoms with Crippen LogP contribution in [0.2, 0.25) is 0 Å². The lowest BCUT2D eigenvalue weighted by Crippen LogP contribution is -2.09. The van der Waals surface area contributed by atoms with Gasteiger partial charge in [-0.3, -0.25) is 4.79 Å². The van der Waals surface area contributed by atoms with E-state index in [1.807, 2.05) is 0 Å². The third-order valence-corrected chi connectivity index (χ3v) is 3.89. The van der Waals surface area contributed by atoms with Crippen LogP contribution in [0.25, 0.3) is 0 Å². The molecule has 0 aliphatic carbocycles. The fourth-order valence-electron chi connectivity index (χ4n) is 2.42. The Kier molecular flexibility index (Phi) is 25.6. The molecule has 0 aromatic heterocycles. The highest BCUT2D eigenvalue weighted by Gasteiger charge is 1.94. The van der Waals surface area contributed by atoms with Gasteiger partial charge in [0.15, 0.2) is 0 Å². The number of carbonyl (C=O) groups excluding carboxylic acids is 1. The van der Waals surface area contributed by atoms with Crippen LogP contribution in [0, 0.1) is 4.91 Å². The molecule has 1 amide bonds. The van der Waals surface area contributed by atoms with Crippen molar-refractivity contribution in [1.29, 1.82) is 0 Å². The van der Waals surface area contributed by atoms with Gasteiger partial charge in [-0.25, -0.2) is 0 Å². The van der Waals surface area contributed by atoms with Gasteiger partial charge in [0.2, 0.25) is 5.91 Å². The molecular formula is C21H40N2O2. The zero-order valence-corrected chi connectivity index (χ0v) is 16.4. The van der Waals surface area contributed by atoms with Gasteiger partial charge in [-0.05, 0) is 32.1 Å². The van der Waals surface area contributed by atoms with E-state index in [0.29, 0.717) is 6.42 Å². The summed E-state index contributed by atoms with van der Waals surface area (Å²) in [6, 6.07) is 0. The fraction of sp³-hybridized carbons (Fsp3) is 0.762. The SMILES string of the molecule is C=CCN=O.CCCCCCCC/C=C\CCCCCCCC(N)=O. The van der Waals surface area contributed by atoms with Crippen LogP contribution < -0.4 is 5.73 Å². The van der Waals surface area contributed by atoms with Crippen LogP contribution in [0.15, 0.2) is 30.0 Å². The van der Waals surface area contributed by atoms with Gasteiger partial charge in [0.25, 0.3) is 0 Å². The summed E-state index contributed by atoms with van der Waals surface area (Å²) in [6.07, 6.45) is 23.4. The maximum atomic E-state index is 10.5. The first-order valence-electron chi connectivity index (χ1n) is 10.0. The topological polar surface area (TPSA) is 72.5 Å². The fourth-order valence-corrected chi connectivity index (χ4v) is 2.42. The van der Waals surface area contributed by atoms with Crippen molar-refractivity contribution in [3.63, 3.8) is 0 Å². The molecule has 4 nitrogen and oxygen atoms in total. The van der Waals surface area contributed by atoms with Crippen LogP contribution in [-0.4, -0.2) is 12.5 Å². The summed E-state index contributed by atoms with van der Waals surface area (Å²) in [5, 5.41) is 2.49. The highest BCUT2D eigenvalue weighted by Crippen LogP contribution is 2.09. The number of nitroso groups, excluding NO2 is 1. The normalized spacial score (nSPS) is 10.3. The predicted molar refractivity (Wildman–Crippen MR) is 110 cm³/mol. The van der Waals surface area contributed by atoms with Crippen molar-refractivity contribution >= 4 is 5.91 Å². The van der Waals surface area contributed by atoms with Crippen LogP contribution in [-0.2, 0) is 4.79 Å². The summed E-state index contributed by atoms with van der Waals surface area (Å²) in [5.41, 5.74) is 5.10. The summed E-state index contributed by atoms with van der Waals surface area (Å²) in [5.74, 6) is -0.164. The second-order valence-corrected chi connectivity index (χ2v) is 6.40. The Morgan fingerprint density at radius 1 is 0.880 bits per heavy atom. The third-order valence-electron chi connectivity index (χ3n) is 3.89. The van der Waals surface area contributed by atoms with Crippen LogP contribution >= 0.6 is 0 Å². The van der Waals surface area contributed by atoms with Crippen LogP contribution in [0.1, 0.15) is 96.8 Å². The maximum absolute atomic E-state index is 10.5. The lowest BCUT2D eigenvalue weighted by atomic mass is 10.1. The number of nitrogens with zero attached hydrogens (tertiary/aromatic N) is 1. The monoisotopic (exact) mass is 352 g/mol. The van der Waals surface area contributed by atoms with E-state index in [1.54, 1.807) is 0 Å². The Balaban J connectivity index is 0. The van der Waals surface area contributed by atoms with Crippen molar-refractivity contribution in [2.45, 2.75) is 96.8 Å². The second kappa shape index (κ2) is 24.8. The van der Waals surface area contributed by atoms with Gasteiger partial charge in [0, 0.05) is 6.42 Å². The standard InChI is InChI=1S/C18H35NO.C3H5NO/c1-2-3-4-5-6-7-8-9-10-11-12-13-14-15-16-17-18(19)20;1-2-3-4-5/h9-10H,2-8,11-17H2,1H3,(H2,19,20);2H,1,3H2/b10-9-;. The maximum Gasteiger partial charge on any atom is 0.217 e. The highest BCUT2D eigenvalue weighted by molar-refractivity contribution is 5.73. The first-order valence-corrected chi connectivity index (χ1v) is 10.0. The Morgan fingerprint density at radius 3 is 1.76 bits per heavy atom. The average molecular weight is 353 g/mol. The molecule has 0 spiro atoms. The Morgan fingerprint density at radius 2 is 1.36 bits per heavy atom. The van der Waals surface area contributed by atoms with Crippen LogP contribution in [0.5, 0.6) is 0 Å². The molecule has 0 rings (SSSR count). The van der Waals surface area contributed by atoms with E-state index < -0.39 is 0 Å². The second-order valence-electron chi connectivity index (χ2n) is 6.40. The van der Waals surface area contributed by atoms with Crippen molar-refractivity contribution in [2.75, 3.05) is 6.54 Å². The summed E-state index contributed by atoms with van der Waals surface area (Å²) in [6.45, 7) is 5.74. The lowest BCUT2D eigenvalue weighted by molar-refractivity contribution is -0.118. The molecule has 0 heterocycles. The number of hydrogen-bond acceptors (Lipinski definition) is 3. The zero-order valence-electron chi connectivity index (χ0n) is 16.4. The molecule has 146 valence electrons. The number of rotatable bonds is 17. The molecule has 0 bridgehead atoms. The molecule has 0 aromatic carbocycles. The van der Waals surface area contributed by atoms with Gasteiger partial charge in [0.1, 0.15) is 0 Å². The van der Waals surface area contributed by atoms with E-state index in [1.165, 1.54) is 76.7 Å². The quantitative estimate of drug-likeness (QED) is 0.186. The molecule has 0 unspecified atom stereocenters. The van der Waals surface area contributed by atoms with Gasteiger partial charge in [-0.1, -0.05) is 81.7 Å². The summed E-state index contributed by atoms with van der Waals surface area (Å²) < 4.78 is 0. The number of allylic oxidation sites excluding steroid dienone is 2. The number of primary amides is 1. The molecular weight excluding hydrogens is 312 g/mol. The smallest absolute Gasteiger partial charge is 0.217 e. The molecule has 25 heavy (non-hydrogen) atoms. The van der Waals surface area contributed by atoms with Gasteiger partial charge >= 0.3 is 0 Å². The average Bonchev–Trinajstić information content (AvgIpc) is 2.59. The van der Waals surface area contributed by atoms with Crippen LogP contribution in [0.3, 0.4) is 0 Å².